The summed E-state index contributed by atoms with van der Waals surface area (Å²) < 4.78 is 6.19. The molecule has 0 aliphatic carbocycles. The van der Waals surface area contributed by atoms with E-state index in [0.717, 1.165) is 16.8 Å². The maximum Gasteiger partial charge on any atom is 0.133 e. The van der Waals surface area contributed by atoms with E-state index in [-0.39, 0.29) is 0 Å². The van der Waals surface area contributed by atoms with Crippen LogP contribution in [-0.4, -0.2) is 13.7 Å². The molecule has 2 rings (SSSR count). The largest absolute Gasteiger partial charge is 0.496 e. The SMILES string of the molecule is COc1ccc([C@@H]2CCN2)cc1Br. The highest BCUT2D eigenvalue weighted by atomic mass is 79.9. The van der Waals surface area contributed by atoms with E-state index in [0.29, 0.717) is 6.04 Å². The van der Waals surface area contributed by atoms with Crippen LogP contribution in [0.4, 0.5) is 0 Å². The van der Waals surface area contributed by atoms with Gasteiger partial charge >= 0.3 is 0 Å². The minimum atomic E-state index is 0.544. The maximum absolute atomic E-state index is 5.16. The molecule has 70 valence electrons. The van der Waals surface area contributed by atoms with Crippen molar-refractivity contribution in [3.8, 4) is 5.75 Å². The summed E-state index contributed by atoms with van der Waals surface area (Å²) in [6.07, 6.45) is 1.23. The first-order chi connectivity index (χ1) is 6.31. The lowest BCUT2D eigenvalue weighted by Gasteiger charge is -2.28. The average molecular weight is 242 g/mol. The molecule has 13 heavy (non-hydrogen) atoms. The number of methoxy groups -OCH3 is 1. The normalized spacial score (nSPS) is 20.9. The van der Waals surface area contributed by atoms with Crippen LogP contribution < -0.4 is 10.1 Å². The Balaban J connectivity index is 2.24. The molecule has 0 bridgehead atoms. The van der Waals surface area contributed by atoms with Crippen LogP contribution in [-0.2, 0) is 0 Å². The Morgan fingerprint density at radius 2 is 2.31 bits per heavy atom. The van der Waals surface area contributed by atoms with Gasteiger partial charge in [-0.15, -0.1) is 0 Å². The average Bonchev–Trinajstić information content (AvgIpc) is 2.01. The molecule has 1 heterocycles. The number of nitrogens with one attached hydrogen (secondary N) is 1. The quantitative estimate of drug-likeness (QED) is 0.860. The van der Waals surface area contributed by atoms with Gasteiger partial charge in [0.05, 0.1) is 11.6 Å². The lowest BCUT2D eigenvalue weighted by molar-refractivity contribution is 0.381. The number of hydrogen-bond donors (Lipinski definition) is 1. The predicted molar refractivity (Wildman–Crippen MR) is 56.1 cm³/mol. The molecule has 0 unspecified atom stereocenters. The zero-order chi connectivity index (χ0) is 9.26. The second-order valence-corrected chi connectivity index (χ2v) is 4.04. The monoisotopic (exact) mass is 241 g/mol. The molecule has 1 aromatic rings. The first kappa shape index (κ1) is 9.03. The fraction of sp³-hybridized carbons (Fsp3) is 0.400. The zero-order valence-electron chi connectivity index (χ0n) is 7.51. The molecule has 1 saturated heterocycles. The van der Waals surface area contributed by atoms with Gasteiger partial charge in [-0.1, -0.05) is 6.07 Å². The van der Waals surface area contributed by atoms with E-state index in [4.69, 9.17) is 4.74 Å². The second kappa shape index (κ2) is 3.68. The Labute approximate surface area is 86.4 Å². The number of halogens is 1. The van der Waals surface area contributed by atoms with E-state index in [1.165, 1.54) is 12.0 Å². The van der Waals surface area contributed by atoms with Crippen LogP contribution in [0.2, 0.25) is 0 Å². The Bertz CT molecular complexity index is 310. The highest BCUT2D eigenvalue weighted by Crippen LogP contribution is 2.30. The van der Waals surface area contributed by atoms with Crippen molar-refractivity contribution in [3.05, 3.63) is 28.2 Å². The summed E-state index contributed by atoms with van der Waals surface area (Å²) in [4.78, 5) is 0. The summed E-state index contributed by atoms with van der Waals surface area (Å²) >= 11 is 3.48. The first-order valence-electron chi connectivity index (χ1n) is 4.38. The van der Waals surface area contributed by atoms with Crippen LogP contribution in [0.15, 0.2) is 22.7 Å². The van der Waals surface area contributed by atoms with Gasteiger partial charge in [0.15, 0.2) is 0 Å². The summed E-state index contributed by atoms with van der Waals surface area (Å²) in [5, 5.41) is 3.36. The van der Waals surface area contributed by atoms with Crippen molar-refractivity contribution >= 4 is 15.9 Å². The molecular weight excluding hydrogens is 230 g/mol. The highest BCUT2D eigenvalue weighted by molar-refractivity contribution is 9.10. The van der Waals surface area contributed by atoms with Crippen molar-refractivity contribution < 1.29 is 4.74 Å². The van der Waals surface area contributed by atoms with Crippen molar-refractivity contribution in [1.82, 2.24) is 5.32 Å². The van der Waals surface area contributed by atoms with E-state index in [1.54, 1.807) is 7.11 Å². The van der Waals surface area contributed by atoms with Gasteiger partial charge in [0, 0.05) is 6.04 Å². The fourth-order valence-corrected chi connectivity index (χ4v) is 2.03. The van der Waals surface area contributed by atoms with Crippen molar-refractivity contribution in [1.29, 1.82) is 0 Å². The molecule has 2 nitrogen and oxygen atoms in total. The molecule has 1 atom stereocenters. The minimum absolute atomic E-state index is 0.544. The van der Waals surface area contributed by atoms with Gasteiger partial charge in [0.2, 0.25) is 0 Å². The van der Waals surface area contributed by atoms with Gasteiger partial charge in [-0.05, 0) is 46.6 Å². The van der Waals surface area contributed by atoms with Gasteiger partial charge in [-0.2, -0.15) is 0 Å². The first-order valence-corrected chi connectivity index (χ1v) is 5.17. The Morgan fingerprint density at radius 3 is 2.77 bits per heavy atom. The minimum Gasteiger partial charge on any atom is -0.496 e. The summed E-state index contributed by atoms with van der Waals surface area (Å²) in [7, 11) is 1.68. The standard InChI is InChI=1S/C10H12BrNO/c1-13-10-3-2-7(6-8(10)11)9-4-5-12-9/h2-3,6,9,12H,4-5H2,1H3/t9-/m0/s1. The molecule has 0 saturated carbocycles. The summed E-state index contributed by atoms with van der Waals surface area (Å²) in [6, 6.07) is 6.78. The van der Waals surface area contributed by atoms with Gasteiger partial charge < -0.3 is 10.1 Å². The van der Waals surface area contributed by atoms with Crippen LogP contribution in [0.25, 0.3) is 0 Å². The molecule has 0 amide bonds. The number of benzene rings is 1. The van der Waals surface area contributed by atoms with E-state index in [2.05, 4.69) is 33.4 Å². The van der Waals surface area contributed by atoms with Crippen LogP contribution in [0.1, 0.15) is 18.0 Å². The number of rotatable bonds is 2. The predicted octanol–water partition coefficient (Wildman–Crippen LogP) is 2.49. The Kier molecular flexibility index (Phi) is 2.56. The maximum atomic E-state index is 5.16. The molecule has 1 fully saturated rings. The lowest BCUT2D eigenvalue weighted by atomic mass is 9.98. The third-order valence-corrected chi connectivity index (χ3v) is 3.02. The Hall–Kier alpha value is -0.540. The smallest absolute Gasteiger partial charge is 0.133 e. The highest BCUT2D eigenvalue weighted by Gasteiger charge is 2.18. The third kappa shape index (κ3) is 1.71. The van der Waals surface area contributed by atoms with Crippen molar-refractivity contribution in [2.75, 3.05) is 13.7 Å². The van der Waals surface area contributed by atoms with Crippen LogP contribution >= 0.6 is 15.9 Å². The van der Waals surface area contributed by atoms with Gasteiger partial charge in [0.25, 0.3) is 0 Å². The molecule has 1 aromatic carbocycles. The molecule has 3 heteroatoms. The van der Waals surface area contributed by atoms with E-state index in [9.17, 15) is 0 Å². The van der Waals surface area contributed by atoms with Crippen molar-refractivity contribution in [2.24, 2.45) is 0 Å². The Morgan fingerprint density at radius 1 is 1.54 bits per heavy atom. The third-order valence-electron chi connectivity index (χ3n) is 2.40. The number of hydrogen-bond acceptors (Lipinski definition) is 2. The molecule has 1 N–H and O–H groups in total. The molecule has 0 spiro atoms. The van der Waals surface area contributed by atoms with E-state index in [1.807, 2.05) is 6.07 Å². The molecule has 1 aliphatic heterocycles. The van der Waals surface area contributed by atoms with Gasteiger partial charge in [-0.3, -0.25) is 0 Å². The van der Waals surface area contributed by atoms with Crippen molar-refractivity contribution in [2.45, 2.75) is 12.5 Å². The van der Waals surface area contributed by atoms with Crippen LogP contribution in [0.5, 0.6) is 5.75 Å². The molecule has 0 aromatic heterocycles. The summed E-state index contributed by atoms with van der Waals surface area (Å²) in [5.41, 5.74) is 1.33. The fourth-order valence-electron chi connectivity index (χ4n) is 1.47. The van der Waals surface area contributed by atoms with Crippen LogP contribution in [0, 0.1) is 0 Å². The topological polar surface area (TPSA) is 21.3 Å². The van der Waals surface area contributed by atoms with Crippen LogP contribution in [0.3, 0.4) is 0 Å². The summed E-state index contributed by atoms with van der Waals surface area (Å²) in [6.45, 7) is 1.13. The van der Waals surface area contributed by atoms with E-state index >= 15 is 0 Å². The van der Waals surface area contributed by atoms with Gasteiger partial charge in [0.1, 0.15) is 5.75 Å². The molecular formula is C10H12BrNO. The van der Waals surface area contributed by atoms with Gasteiger partial charge in [-0.25, -0.2) is 0 Å². The van der Waals surface area contributed by atoms with Crippen molar-refractivity contribution in [3.63, 3.8) is 0 Å². The molecule has 0 radical (unpaired) electrons. The molecule has 1 aliphatic rings. The summed E-state index contributed by atoms with van der Waals surface area (Å²) in [5.74, 6) is 0.892. The zero-order valence-corrected chi connectivity index (χ0v) is 9.10. The lowest BCUT2D eigenvalue weighted by Crippen LogP contribution is -2.34. The van der Waals surface area contributed by atoms with E-state index < -0.39 is 0 Å². The second-order valence-electron chi connectivity index (χ2n) is 3.19. The number of ether oxygens (including phenoxy) is 1.